The molecule has 0 aromatic heterocycles. The molecule has 0 aromatic rings. The molecule has 0 spiro atoms. The van der Waals surface area contributed by atoms with E-state index in [1.165, 1.54) is 50.5 Å². The van der Waals surface area contributed by atoms with Crippen molar-refractivity contribution < 1.29 is 14.4 Å². The van der Waals surface area contributed by atoms with Crippen LogP contribution >= 0.6 is 0 Å². The van der Waals surface area contributed by atoms with Gasteiger partial charge < -0.3 is 15.0 Å². The van der Waals surface area contributed by atoms with Gasteiger partial charge in [0.05, 0.1) is 27.7 Å². The van der Waals surface area contributed by atoms with E-state index in [0.717, 1.165) is 13.1 Å². The van der Waals surface area contributed by atoms with Gasteiger partial charge in [0, 0.05) is 19.0 Å². The lowest BCUT2D eigenvalue weighted by Gasteiger charge is -2.25. The van der Waals surface area contributed by atoms with Crippen LogP contribution in [0.2, 0.25) is 0 Å². The summed E-state index contributed by atoms with van der Waals surface area (Å²) in [5.41, 5.74) is 0. The van der Waals surface area contributed by atoms with Crippen molar-refractivity contribution in [3.05, 3.63) is 0 Å². The summed E-state index contributed by atoms with van der Waals surface area (Å²) in [6, 6.07) is 0.593. The van der Waals surface area contributed by atoms with E-state index in [9.17, 15) is 4.79 Å². The Labute approximate surface area is 130 Å². The molecule has 2 N–H and O–H groups in total. The number of methoxy groups -OCH3 is 1. The molecule has 0 bridgehead atoms. The second kappa shape index (κ2) is 10.2. The molecule has 4 heteroatoms. The van der Waals surface area contributed by atoms with E-state index < -0.39 is 0 Å². The van der Waals surface area contributed by atoms with Crippen molar-refractivity contribution in [1.82, 2.24) is 5.32 Å². The van der Waals surface area contributed by atoms with E-state index in [1.807, 2.05) is 0 Å². The van der Waals surface area contributed by atoms with E-state index in [1.54, 1.807) is 0 Å². The van der Waals surface area contributed by atoms with Crippen molar-refractivity contribution >= 4 is 5.97 Å². The molecule has 3 atom stereocenters. The highest BCUT2D eigenvalue weighted by Crippen LogP contribution is 2.38. The van der Waals surface area contributed by atoms with Crippen LogP contribution in [0.25, 0.3) is 0 Å². The van der Waals surface area contributed by atoms with Crippen LogP contribution in [0.5, 0.6) is 0 Å². The molecular weight excluding hydrogens is 264 g/mol. The maximum atomic E-state index is 11.6. The van der Waals surface area contributed by atoms with Crippen LogP contribution in [0, 0.1) is 11.8 Å². The molecule has 1 saturated carbocycles. The van der Waals surface area contributed by atoms with Gasteiger partial charge >= 0.3 is 5.97 Å². The topological polar surface area (TPSA) is 42.8 Å². The molecule has 3 unspecified atom stereocenters. The molecule has 1 fully saturated rings. The van der Waals surface area contributed by atoms with Gasteiger partial charge in [0.25, 0.3) is 0 Å². The van der Waals surface area contributed by atoms with Crippen molar-refractivity contribution in [3.63, 3.8) is 0 Å². The lowest BCUT2D eigenvalue weighted by molar-refractivity contribution is -0.857. The van der Waals surface area contributed by atoms with Gasteiger partial charge in [-0.25, -0.2) is 0 Å². The summed E-state index contributed by atoms with van der Waals surface area (Å²) in [6.45, 7) is 4.47. The first kappa shape index (κ1) is 18.4. The molecule has 0 aliphatic heterocycles. The van der Waals surface area contributed by atoms with E-state index >= 15 is 0 Å². The molecule has 4 nitrogen and oxygen atoms in total. The Balaban J connectivity index is 2.49. The van der Waals surface area contributed by atoms with Gasteiger partial charge in [0.2, 0.25) is 0 Å². The van der Waals surface area contributed by atoms with E-state index in [-0.39, 0.29) is 5.97 Å². The van der Waals surface area contributed by atoms with Crippen LogP contribution in [0.3, 0.4) is 0 Å². The van der Waals surface area contributed by atoms with E-state index in [0.29, 0.717) is 24.3 Å². The number of nitrogens with one attached hydrogen (secondary N) is 2. The van der Waals surface area contributed by atoms with E-state index in [2.05, 4.69) is 26.3 Å². The largest absolute Gasteiger partial charge is 0.469 e. The number of rotatable bonds is 10. The number of carbonyl (C=O) groups is 1. The zero-order valence-electron chi connectivity index (χ0n) is 14.4. The molecule has 21 heavy (non-hydrogen) atoms. The highest BCUT2D eigenvalue weighted by Gasteiger charge is 2.36. The molecule has 0 saturated heterocycles. The number of carbonyl (C=O) groups excluding carboxylic acids is 1. The van der Waals surface area contributed by atoms with Gasteiger partial charge in [0.1, 0.15) is 0 Å². The molecule has 0 heterocycles. The SMILES string of the molecule is CCCCCC1C(CC(=O)OC)CCC1NCC[NH+](C)C. The van der Waals surface area contributed by atoms with Crippen LogP contribution in [-0.2, 0) is 9.53 Å². The predicted molar refractivity (Wildman–Crippen MR) is 86.5 cm³/mol. The lowest BCUT2D eigenvalue weighted by atomic mass is 9.86. The summed E-state index contributed by atoms with van der Waals surface area (Å²) in [4.78, 5) is 13.1. The minimum atomic E-state index is -0.0427. The summed E-state index contributed by atoms with van der Waals surface area (Å²) in [5.74, 6) is 1.12. The lowest BCUT2D eigenvalue weighted by Crippen LogP contribution is -3.06. The highest BCUT2D eigenvalue weighted by molar-refractivity contribution is 5.69. The summed E-state index contributed by atoms with van der Waals surface area (Å²) in [7, 11) is 5.88. The zero-order valence-corrected chi connectivity index (χ0v) is 14.4. The molecule has 0 aromatic carbocycles. The normalized spacial score (nSPS) is 25.5. The van der Waals surface area contributed by atoms with Crippen LogP contribution in [0.15, 0.2) is 0 Å². The fraction of sp³-hybridized carbons (Fsp3) is 0.941. The first-order valence-corrected chi connectivity index (χ1v) is 8.67. The summed E-state index contributed by atoms with van der Waals surface area (Å²) in [5, 5.41) is 3.74. The molecule has 1 aliphatic carbocycles. The Morgan fingerprint density at radius 3 is 2.67 bits per heavy atom. The molecule has 1 rings (SSSR count). The van der Waals surface area contributed by atoms with Crippen molar-refractivity contribution in [2.24, 2.45) is 11.8 Å². The smallest absolute Gasteiger partial charge is 0.305 e. The molecule has 124 valence electrons. The van der Waals surface area contributed by atoms with Crippen LogP contribution in [0.1, 0.15) is 51.9 Å². The number of quaternary nitrogens is 1. The first-order chi connectivity index (χ1) is 10.1. The Kier molecular flexibility index (Phi) is 8.93. The van der Waals surface area contributed by atoms with Gasteiger partial charge in [0.15, 0.2) is 0 Å². The quantitative estimate of drug-likeness (QED) is 0.471. The van der Waals surface area contributed by atoms with Crippen LogP contribution in [-0.4, -0.2) is 46.3 Å². The van der Waals surface area contributed by atoms with Gasteiger partial charge in [-0.05, 0) is 31.1 Å². The Morgan fingerprint density at radius 2 is 2.05 bits per heavy atom. The summed E-state index contributed by atoms with van der Waals surface area (Å²) in [6.07, 6.45) is 8.08. The molecule has 0 amide bonds. The Morgan fingerprint density at radius 1 is 1.29 bits per heavy atom. The monoisotopic (exact) mass is 299 g/mol. The maximum Gasteiger partial charge on any atom is 0.305 e. The third kappa shape index (κ3) is 6.79. The number of likely N-dealkylation sites (N-methyl/N-ethyl adjacent to an activating group) is 1. The van der Waals surface area contributed by atoms with Crippen molar-refractivity contribution in [3.8, 4) is 0 Å². The fourth-order valence-electron chi connectivity index (χ4n) is 3.53. The molecule has 1 aliphatic rings. The van der Waals surface area contributed by atoms with Crippen LogP contribution < -0.4 is 10.2 Å². The Hall–Kier alpha value is -0.610. The minimum absolute atomic E-state index is 0.0427. The van der Waals surface area contributed by atoms with Gasteiger partial charge in [-0.1, -0.05) is 26.2 Å². The summed E-state index contributed by atoms with van der Waals surface area (Å²) < 4.78 is 4.87. The van der Waals surface area contributed by atoms with Crippen molar-refractivity contribution in [1.29, 1.82) is 0 Å². The molecule has 0 radical (unpaired) electrons. The second-order valence-electron chi connectivity index (χ2n) is 6.80. The average Bonchev–Trinajstić information content (AvgIpc) is 2.81. The molecular formula is C17H35N2O2+. The standard InChI is InChI=1S/C17H34N2O2/c1-5-6-7-8-15-14(13-17(20)21-4)9-10-16(15)18-11-12-19(2)3/h14-16,18H,5-13H2,1-4H3/p+1. The number of unbranched alkanes of at least 4 members (excludes halogenated alkanes) is 2. The third-order valence-electron chi connectivity index (χ3n) is 4.80. The zero-order chi connectivity index (χ0) is 15.7. The maximum absolute atomic E-state index is 11.6. The third-order valence-corrected chi connectivity index (χ3v) is 4.80. The van der Waals surface area contributed by atoms with Crippen molar-refractivity contribution in [2.45, 2.75) is 57.9 Å². The highest BCUT2D eigenvalue weighted by atomic mass is 16.5. The minimum Gasteiger partial charge on any atom is -0.469 e. The number of ether oxygens (including phenoxy) is 1. The number of hydrogen-bond acceptors (Lipinski definition) is 3. The van der Waals surface area contributed by atoms with Crippen LogP contribution in [0.4, 0.5) is 0 Å². The fourth-order valence-corrected chi connectivity index (χ4v) is 3.53. The van der Waals surface area contributed by atoms with Crippen molar-refractivity contribution in [2.75, 3.05) is 34.3 Å². The average molecular weight is 299 g/mol. The number of hydrogen-bond donors (Lipinski definition) is 2. The van der Waals surface area contributed by atoms with E-state index in [4.69, 9.17) is 4.74 Å². The van der Waals surface area contributed by atoms with Gasteiger partial charge in [-0.3, -0.25) is 4.79 Å². The predicted octanol–water partition coefficient (Wildman–Crippen LogP) is 1.26. The number of esters is 1. The first-order valence-electron chi connectivity index (χ1n) is 8.67. The Bertz CT molecular complexity index is 295. The van der Waals surface area contributed by atoms with Gasteiger partial charge in [-0.2, -0.15) is 0 Å². The van der Waals surface area contributed by atoms with Gasteiger partial charge in [-0.15, -0.1) is 0 Å². The second-order valence-corrected chi connectivity index (χ2v) is 6.80. The summed E-state index contributed by atoms with van der Waals surface area (Å²) >= 11 is 0.